The molecule has 1 aromatic carbocycles. The molecule has 3 atom stereocenters. The van der Waals surface area contributed by atoms with Gasteiger partial charge in [0.15, 0.2) is 11.5 Å². The van der Waals surface area contributed by atoms with E-state index in [0.29, 0.717) is 6.04 Å². The fourth-order valence-corrected chi connectivity index (χ4v) is 5.19. The molecule has 1 N–H and O–H groups in total. The molecule has 2 aliphatic rings. The summed E-state index contributed by atoms with van der Waals surface area (Å²) in [5.74, 6) is 2.57. The van der Waals surface area contributed by atoms with Crippen LogP contribution in [0.15, 0.2) is 54.7 Å². The molecule has 5 heteroatoms. The van der Waals surface area contributed by atoms with E-state index >= 15 is 0 Å². The third-order valence-electron chi connectivity index (χ3n) is 6.58. The van der Waals surface area contributed by atoms with Crippen molar-refractivity contribution in [2.45, 2.75) is 44.8 Å². The number of aromatic nitrogens is 3. The highest BCUT2D eigenvalue weighted by atomic mass is 15.3. The van der Waals surface area contributed by atoms with Crippen LogP contribution in [0.25, 0.3) is 5.65 Å². The third kappa shape index (κ3) is 3.69. The summed E-state index contributed by atoms with van der Waals surface area (Å²) in [5, 5.41) is 12.6. The highest BCUT2D eigenvalue weighted by molar-refractivity contribution is 5.36. The highest BCUT2D eigenvalue weighted by Gasteiger charge is 2.38. The van der Waals surface area contributed by atoms with Gasteiger partial charge in [0.05, 0.1) is 6.54 Å². The van der Waals surface area contributed by atoms with E-state index < -0.39 is 0 Å². The molecule has 146 valence electrons. The van der Waals surface area contributed by atoms with E-state index in [1.807, 2.05) is 18.2 Å². The number of pyridine rings is 1. The summed E-state index contributed by atoms with van der Waals surface area (Å²) in [5.41, 5.74) is 2.35. The largest absolute Gasteiger partial charge is 0.307 e. The van der Waals surface area contributed by atoms with Gasteiger partial charge in [0.1, 0.15) is 0 Å². The highest BCUT2D eigenvalue weighted by Crippen LogP contribution is 2.36. The number of hydrogen-bond acceptors (Lipinski definition) is 4. The summed E-state index contributed by atoms with van der Waals surface area (Å²) in [6.07, 6.45) is 7.41. The molecule has 2 fully saturated rings. The van der Waals surface area contributed by atoms with E-state index in [0.717, 1.165) is 36.4 Å². The van der Waals surface area contributed by atoms with Crippen molar-refractivity contribution in [1.29, 1.82) is 0 Å². The van der Waals surface area contributed by atoms with Gasteiger partial charge in [0.25, 0.3) is 0 Å². The Morgan fingerprint density at radius 2 is 1.79 bits per heavy atom. The van der Waals surface area contributed by atoms with Gasteiger partial charge in [0, 0.05) is 31.9 Å². The van der Waals surface area contributed by atoms with E-state index in [9.17, 15) is 0 Å². The van der Waals surface area contributed by atoms with Gasteiger partial charge in [-0.05, 0) is 42.4 Å². The maximum absolute atomic E-state index is 4.40. The molecule has 0 spiro atoms. The van der Waals surface area contributed by atoms with Crippen molar-refractivity contribution >= 4 is 5.65 Å². The quantitative estimate of drug-likeness (QED) is 0.741. The van der Waals surface area contributed by atoms with Crippen molar-refractivity contribution in [3.8, 4) is 0 Å². The molecule has 1 aliphatic heterocycles. The van der Waals surface area contributed by atoms with Crippen LogP contribution in [-0.4, -0.2) is 38.6 Å². The molecule has 2 aromatic heterocycles. The second-order valence-electron chi connectivity index (χ2n) is 8.42. The average molecular weight is 376 g/mol. The van der Waals surface area contributed by atoms with Crippen LogP contribution in [0.3, 0.4) is 0 Å². The number of likely N-dealkylation sites (tertiary alicyclic amines) is 1. The minimum absolute atomic E-state index is 0.573. The molecule has 3 heterocycles. The molecule has 5 nitrogen and oxygen atoms in total. The zero-order chi connectivity index (χ0) is 18.8. The van der Waals surface area contributed by atoms with E-state index in [4.69, 9.17) is 0 Å². The summed E-state index contributed by atoms with van der Waals surface area (Å²) in [4.78, 5) is 2.66. The van der Waals surface area contributed by atoms with Gasteiger partial charge in [-0.3, -0.25) is 9.30 Å². The Balaban J connectivity index is 1.26. The predicted molar refractivity (Wildman–Crippen MR) is 111 cm³/mol. The van der Waals surface area contributed by atoms with Crippen molar-refractivity contribution in [3.63, 3.8) is 0 Å². The van der Waals surface area contributed by atoms with Crippen molar-refractivity contribution in [1.82, 2.24) is 24.8 Å². The first-order valence-electron chi connectivity index (χ1n) is 10.6. The van der Waals surface area contributed by atoms with E-state index in [1.54, 1.807) is 0 Å². The zero-order valence-corrected chi connectivity index (χ0v) is 16.4. The number of rotatable bonds is 5. The van der Waals surface area contributed by atoms with Crippen LogP contribution in [0.1, 0.15) is 37.1 Å². The molecule has 1 saturated carbocycles. The van der Waals surface area contributed by atoms with Gasteiger partial charge < -0.3 is 5.32 Å². The minimum Gasteiger partial charge on any atom is -0.307 e. The average Bonchev–Trinajstić information content (AvgIpc) is 3.27. The molecule has 0 radical (unpaired) electrons. The van der Waals surface area contributed by atoms with Gasteiger partial charge >= 0.3 is 0 Å². The van der Waals surface area contributed by atoms with Crippen LogP contribution in [0.4, 0.5) is 0 Å². The summed E-state index contributed by atoms with van der Waals surface area (Å²) in [6, 6.07) is 17.5. The number of nitrogens with one attached hydrogen (secondary N) is 1. The van der Waals surface area contributed by atoms with Crippen molar-refractivity contribution in [2.75, 3.05) is 13.1 Å². The summed E-state index contributed by atoms with van der Waals surface area (Å²) >= 11 is 0. The molecule has 1 aliphatic carbocycles. The zero-order valence-electron chi connectivity index (χ0n) is 16.4. The third-order valence-corrected chi connectivity index (χ3v) is 6.58. The fraction of sp³-hybridized carbons (Fsp3) is 0.478. The maximum Gasteiger partial charge on any atom is 0.160 e. The van der Waals surface area contributed by atoms with Gasteiger partial charge in [-0.15, -0.1) is 10.2 Å². The summed E-state index contributed by atoms with van der Waals surface area (Å²) in [6.45, 7) is 4.32. The van der Waals surface area contributed by atoms with Crippen molar-refractivity contribution in [2.24, 2.45) is 11.8 Å². The maximum atomic E-state index is 4.40. The smallest absolute Gasteiger partial charge is 0.160 e. The Hall–Kier alpha value is -2.24. The molecule has 0 unspecified atom stereocenters. The lowest BCUT2D eigenvalue weighted by Gasteiger charge is -2.26. The lowest BCUT2D eigenvalue weighted by atomic mass is 9.88. The van der Waals surface area contributed by atoms with Gasteiger partial charge in [-0.2, -0.15) is 0 Å². The van der Waals surface area contributed by atoms with E-state index in [-0.39, 0.29) is 0 Å². The molecule has 5 rings (SSSR count). The van der Waals surface area contributed by atoms with Gasteiger partial charge in [0.2, 0.25) is 0 Å². The summed E-state index contributed by atoms with van der Waals surface area (Å²) in [7, 11) is 0. The Labute approximate surface area is 166 Å². The van der Waals surface area contributed by atoms with Crippen LogP contribution in [0, 0.1) is 11.8 Å². The standard InChI is InChI=1S/C23H29N5/c1-2-8-18(9-3-1)15-27-16-19-10-4-5-11-21(20(19)17-27)24-14-23-26-25-22-12-6-7-13-28(22)23/h1-3,6-9,12-13,19-21,24H,4-5,10-11,14-17H2/t19-,20+,21+/m0/s1. The Bertz CT molecular complexity index is 906. The monoisotopic (exact) mass is 375 g/mol. The first-order valence-corrected chi connectivity index (χ1v) is 10.6. The molecule has 0 bridgehead atoms. The molecule has 3 aromatic rings. The van der Waals surface area contributed by atoms with Crippen LogP contribution >= 0.6 is 0 Å². The topological polar surface area (TPSA) is 45.5 Å². The van der Waals surface area contributed by atoms with E-state index in [1.165, 1.54) is 44.3 Å². The minimum atomic E-state index is 0.573. The van der Waals surface area contributed by atoms with Crippen LogP contribution in [-0.2, 0) is 13.1 Å². The van der Waals surface area contributed by atoms with Crippen LogP contribution < -0.4 is 5.32 Å². The predicted octanol–water partition coefficient (Wildman–Crippen LogP) is 3.51. The molecular formula is C23H29N5. The molecular weight excluding hydrogens is 346 g/mol. The normalized spacial score (nSPS) is 25.6. The fourth-order valence-electron chi connectivity index (χ4n) is 5.19. The van der Waals surface area contributed by atoms with Crippen molar-refractivity contribution in [3.05, 3.63) is 66.1 Å². The number of hydrogen-bond donors (Lipinski definition) is 1. The van der Waals surface area contributed by atoms with Crippen LogP contribution in [0.5, 0.6) is 0 Å². The second kappa shape index (κ2) is 8.02. The Morgan fingerprint density at radius 1 is 0.929 bits per heavy atom. The van der Waals surface area contributed by atoms with Crippen molar-refractivity contribution < 1.29 is 0 Å². The molecule has 1 saturated heterocycles. The first kappa shape index (κ1) is 17.8. The lowest BCUT2D eigenvalue weighted by Crippen LogP contribution is -2.39. The SMILES string of the molecule is c1ccc(CN2C[C@@H]3CCCC[C@@H](NCc4nnc5ccccn45)[C@@H]3C2)cc1. The molecule has 0 amide bonds. The molecule has 28 heavy (non-hydrogen) atoms. The lowest BCUT2D eigenvalue weighted by molar-refractivity contribution is 0.280. The van der Waals surface area contributed by atoms with E-state index in [2.05, 4.69) is 61.3 Å². The van der Waals surface area contributed by atoms with Gasteiger partial charge in [-0.1, -0.05) is 49.2 Å². The summed E-state index contributed by atoms with van der Waals surface area (Å²) < 4.78 is 2.09. The first-order chi connectivity index (χ1) is 13.9. The number of nitrogens with zero attached hydrogens (tertiary/aromatic N) is 4. The number of benzene rings is 1. The Kier molecular flexibility index (Phi) is 5.10. The number of fused-ring (bicyclic) bond motifs is 2. The Morgan fingerprint density at radius 3 is 2.71 bits per heavy atom. The second-order valence-corrected chi connectivity index (χ2v) is 8.42. The van der Waals surface area contributed by atoms with Crippen LogP contribution in [0.2, 0.25) is 0 Å². The van der Waals surface area contributed by atoms with Gasteiger partial charge in [-0.25, -0.2) is 0 Å².